The standard InChI is InChI=1S/C8H7BO4/c10-9(7-3-1-5-11-7)13-8-4-2-6-12-8/h1-6,10H. The van der Waals surface area contributed by atoms with E-state index in [1.807, 2.05) is 0 Å². The first kappa shape index (κ1) is 8.00. The Morgan fingerprint density at radius 1 is 1.15 bits per heavy atom. The van der Waals surface area contributed by atoms with E-state index in [2.05, 4.69) is 0 Å². The summed E-state index contributed by atoms with van der Waals surface area (Å²) in [6.07, 6.45) is 2.92. The maximum Gasteiger partial charge on any atom is 0.600 e. The van der Waals surface area contributed by atoms with Crippen LogP contribution in [0.1, 0.15) is 0 Å². The van der Waals surface area contributed by atoms with E-state index in [9.17, 15) is 5.02 Å². The number of rotatable bonds is 3. The van der Waals surface area contributed by atoms with Gasteiger partial charge in [0.05, 0.1) is 12.5 Å². The SMILES string of the molecule is OB(Oc1ccco1)c1ccco1. The molecule has 2 heterocycles. The molecular formula is C8H7BO4. The Hall–Kier alpha value is -1.62. The van der Waals surface area contributed by atoms with Gasteiger partial charge in [0.1, 0.15) is 5.66 Å². The first-order valence-electron chi connectivity index (χ1n) is 3.78. The molecule has 0 saturated heterocycles. The van der Waals surface area contributed by atoms with Crippen LogP contribution in [0.4, 0.5) is 0 Å². The lowest BCUT2D eigenvalue weighted by Crippen LogP contribution is -2.35. The van der Waals surface area contributed by atoms with Crippen molar-refractivity contribution in [3.63, 3.8) is 0 Å². The molecule has 0 atom stereocenters. The van der Waals surface area contributed by atoms with Gasteiger partial charge in [0.15, 0.2) is 0 Å². The average Bonchev–Trinajstić information content (AvgIpc) is 2.74. The molecule has 1 N–H and O–H groups in total. The third kappa shape index (κ3) is 1.76. The van der Waals surface area contributed by atoms with E-state index in [0.29, 0.717) is 5.66 Å². The van der Waals surface area contributed by atoms with E-state index in [1.54, 1.807) is 24.3 Å². The van der Waals surface area contributed by atoms with Crippen molar-refractivity contribution in [2.75, 3.05) is 0 Å². The quantitative estimate of drug-likeness (QED) is 0.700. The Morgan fingerprint density at radius 2 is 1.92 bits per heavy atom. The molecular weight excluding hydrogens is 171 g/mol. The fourth-order valence-corrected chi connectivity index (χ4v) is 0.930. The summed E-state index contributed by atoms with van der Waals surface area (Å²) in [6, 6.07) is 6.56. The summed E-state index contributed by atoms with van der Waals surface area (Å²) < 4.78 is 14.8. The lowest BCUT2D eigenvalue weighted by molar-refractivity contribution is 0.340. The Kier molecular flexibility index (Phi) is 2.10. The van der Waals surface area contributed by atoms with Crippen LogP contribution in [0.2, 0.25) is 0 Å². The van der Waals surface area contributed by atoms with Crippen molar-refractivity contribution in [2.24, 2.45) is 0 Å². The molecule has 0 fully saturated rings. The molecule has 5 heteroatoms. The molecule has 2 aromatic heterocycles. The van der Waals surface area contributed by atoms with E-state index in [1.165, 1.54) is 12.5 Å². The van der Waals surface area contributed by atoms with Crippen LogP contribution >= 0.6 is 0 Å². The molecule has 0 aliphatic rings. The first-order chi connectivity index (χ1) is 6.36. The smallest absolute Gasteiger partial charge is 0.503 e. The fraction of sp³-hybridized carbons (Fsp3) is 0. The number of hydrogen-bond donors (Lipinski definition) is 1. The summed E-state index contributed by atoms with van der Waals surface area (Å²) in [5.74, 6) is 0.254. The average molecular weight is 178 g/mol. The summed E-state index contributed by atoms with van der Waals surface area (Å²) >= 11 is 0. The third-order valence-corrected chi connectivity index (χ3v) is 1.51. The van der Waals surface area contributed by atoms with Crippen molar-refractivity contribution in [3.8, 4) is 5.95 Å². The zero-order chi connectivity index (χ0) is 9.10. The van der Waals surface area contributed by atoms with E-state index >= 15 is 0 Å². The summed E-state index contributed by atoms with van der Waals surface area (Å²) in [5.41, 5.74) is 0.344. The molecule has 0 spiro atoms. The Morgan fingerprint density at radius 3 is 2.54 bits per heavy atom. The molecule has 0 radical (unpaired) electrons. The van der Waals surface area contributed by atoms with Crippen LogP contribution in [0.3, 0.4) is 0 Å². The van der Waals surface area contributed by atoms with Crippen LogP contribution in [0.5, 0.6) is 5.95 Å². The number of furan rings is 2. The van der Waals surface area contributed by atoms with Crippen molar-refractivity contribution >= 4 is 12.8 Å². The zero-order valence-electron chi connectivity index (χ0n) is 6.71. The molecule has 2 aromatic rings. The van der Waals surface area contributed by atoms with Gasteiger partial charge in [0.2, 0.25) is 0 Å². The van der Waals surface area contributed by atoms with Crippen LogP contribution in [-0.2, 0) is 0 Å². The molecule has 66 valence electrons. The van der Waals surface area contributed by atoms with Crippen LogP contribution in [0.15, 0.2) is 45.6 Å². The fourth-order valence-electron chi connectivity index (χ4n) is 0.930. The molecule has 0 unspecified atom stereocenters. The second-order valence-corrected chi connectivity index (χ2v) is 2.42. The molecule has 0 aromatic carbocycles. The monoisotopic (exact) mass is 178 g/mol. The highest BCUT2D eigenvalue weighted by Gasteiger charge is 2.22. The maximum atomic E-state index is 9.41. The minimum absolute atomic E-state index is 0.254. The Balaban J connectivity index is 2.04. The van der Waals surface area contributed by atoms with Crippen LogP contribution in [0, 0.1) is 0 Å². The molecule has 13 heavy (non-hydrogen) atoms. The summed E-state index contributed by atoms with van der Waals surface area (Å²) in [4.78, 5) is 0. The van der Waals surface area contributed by atoms with Gasteiger partial charge in [0, 0.05) is 6.07 Å². The molecule has 0 saturated carbocycles. The molecule has 0 aliphatic carbocycles. The normalized spacial score (nSPS) is 9.92. The first-order valence-corrected chi connectivity index (χ1v) is 3.78. The van der Waals surface area contributed by atoms with Gasteiger partial charge >= 0.3 is 7.12 Å². The van der Waals surface area contributed by atoms with Gasteiger partial charge < -0.3 is 18.5 Å². The van der Waals surface area contributed by atoms with Gasteiger partial charge in [-0.05, 0) is 18.2 Å². The Labute approximate surface area is 74.9 Å². The molecule has 4 nitrogen and oxygen atoms in total. The predicted octanol–water partition coefficient (Wildman–Crippen LogP) is 0.639. The largest absolute Gasteiger partial charge is 0.600 e. The van der Waals surface area contributed by atoms with Crippen molar-refractivity contribution < 1.29 is 18.5 Å². The minimum atomic E-state index is -1.12. The second-order valence-electron chi connectivity index (χ2n) is 2.42. The van der Waals surface area contributed by atoms with E-state index in [0.717, 1.165) is 0 Å². The van der Waals surface area contributed by atoms with E-state index in [-0.39, 0.29) is 5.95 Å². The van der Waals surface area contributed by atoms with Gasteiger partial charge in [-0.1, -0.05) is 0 Å². The highest BCUT2D eigenvalue weighted by atomic mass is 16.6. The van der Waals surface area contributed by atoms with Crippen molar-refractivity contribution in [1.29, 1.82) is 0 Å². The van der Waals surface area contributed by atoms with Gasteiger partial charge in [-0.2, -0.15) is 0 Å². The highest BCUT2D eigenvalue weighted by molar-refractivity contribution is 6.59. The summed E-state index contributed by atoms with van der Waals surface area (Å²) in [5, 5.41) is 9.41. The lowest BCUT2D eigenvalue weighted by atomic mass is 9.87. The minimum Gasteiger partial charge on any atom is -0.503 e. The van der Waals surface area contributed by atoms with E-state index in [4.69, 9.17) is 13.5 Å². The zero-order valence-corrected chi connectivity index (χ0v) is 6.71. The van der Waals surface area contributed by atoms with E-state index < -0.39 is 7.12 Å². The second kappa shape index (κ2) is 3.41. The number of hydrogen-bond acceptors (Lipinski definition) is 4. The van der Waals surface area contributed by atoms with Crippen LogP contribution in [-0.4, -0.2) is 12.1 Å². The van der Waals surface area contributed by atoms with Gasteiger partial charge in [-0.3, -0.25) is 0 Å². The van der Waals surface area contributed by atoms with Crippen LogP contribution < -0.4 is 10.3 Å². The topological polar surface area (TPSA) is 55.7 Å². The van der Waals surface area contributed by atoms with Crippen molar-refractivity contribution in [3.05, 3.63) is 36.8 Å². The third-order valence-electron chi connectivity index (χ3n) is 1.51. The molecule has 0 amide bonds. The molecule has 0 bridgehead atoms. The van der Waals surface area contributed by atoms with Crippen LogP contribution in [0.25, 0.3) is 0 Å². The molecule has 2 rings (SSSR count). The lowest BCUT2D eigenvalue weighted by Gasteiger charge is -2.02. The van der Waals surface area contributed by atoms with Gasteiger partial charge in [0.25, 0.3) is 5.95 Å². The van der Waals surface area contributed by atoms with Crippen molar-refractivity contribution in [1.82, 2.24) is 0 Å². The van der Waals surface area contributed by atoms with Gasteiger partial charge in [-0.25, -0.2) is 0 Å². The summed E-state index contributed by atoms with van der Waals surface area (Å²) in [7, 11) is -1.12. The van der Waals surface area contributed by atoms with Gasteiger partial charge in [-0.15, -0.1) is 0 Å². The Bertz CT molecular complexity index is 340. The maximum absolute atomic E-state index is 9.41. The molecule has 0 aliphatic heterocycles. The highest BCUT2D eigenvalue weighted by Crippen LogP contribution is 2.10. The van der Waals surface area contributed by atoms with Crippen molar-refractivity contribution in [2.45, 2.75) is 0 Å². The predicted molar refractivity (Wildman–Crippen MR) is 45.7 cm³/mol. The summed E-state index contributed by atoms with van der Waals surface area (Å²) in [6.45, 7) is 0.